The van der Waals surface area contributed by atoms with Crippen LogP contribution in [0, 0.1) is 10.2 Å². The molecule has 1 aromatic heterocycles. The Morgan fingerprint density at radius 1 is 1.30 bits per heavy atom. The lowest BCUT2D eigenvalue weighted by Crippen LogP contribution is -2.35. The Kier molecular flexibility index (Phi) is 3.20. The fourth-order valence-corrected chi connectivity index (χ4v) is 4.01. The molecule has 23 heavy (non-hydrogen) atoms. The first-order chi connectivity index (χ1) is 11.0. The summed E-state index contributed by atoms with van der Waals surface area (Å²) in [5.41, 5.74) is 1.49. The van der Waals surface area contributed by atoms with Crippen molar-refractivity contribution < 1.29 is 4.79 Å². The lowest BCUT2D eigenvalue weighted by molar-refractivity contribution is 0.0732. The van der Waals surface area contributed by atoms with Crippen molar-refractivity contribution in [1.29, 1.82) is 0 Å². The van der Waals surface area contributed by atoms with Gasteiger partial charge in [-0.05, 0) is 55.1 Å². The Labute approximate surface area is 138 Å². The quantitative estimate of drug-likeness (QED) is 0.818. The number of H-pyrrole nitrogens is 1. The summed E-state index contributed by atoms with van der Waals surface area (Å²) >= 11 is 5.15. The molecule has 1 spiro atoms. The molecule has 1 saturated heterocycles. The summed E-state index contributed by atoms with van der Waals surface area (Å²) in [5.74, 6) is 0.0515. The van der Waals surface area contributed by atoms with E-state index in [4.69, 9.17) is 12.2 Å². The topological polar surface area (TPSA) is 58.1 Å². The summed E-state index contributed by atoms with van der Waals surface area (Å²) in [6, 6.07) is 5.21. The van der Waals surface area contributed by atoms with Crippen molar-refractivity contribution in [3.63, 3.8) is 0 Å². The van der Waals surface area contributed by atoms with Gasteiger partial charge in [-0.2, -0.15) is 0 Å². The van der Waals surface area contributed by atoms with Crippen molar-refractivity contribution in [2.45, 2.75) is 25.7 Å². The van der Waals surface area contributed by atoms with Gasteiger partial charge in [-0.1, -0.05) is 6.42 Å². The maximum Gasteiger partial charge on any atom is 0.261 e. The van der Waals surface area contributed by atoms with Gasteiger partial charge in [-0.3, -0.25) is 14.2 Å². The van der Waals surface area contributed by atoms with Gasteiger partial charge in [0.05, 0.1) is 10.9 Å². The molecule has 0 unspecified atom stereocenters. The standard InChI is InChI=1S/C17H19N3O2S/c1-19-15(22)12-4-3-11(9-13(12)18-16(19)23)14(21)20-8-7-17(10-20)5-2-6-17/h3-4,9H,2,5-8,10H2,1H3,(H,18,23). The third kappa shape index (κ3) is 2.24. The molecule has 4 rings (SSSR count). The molecule has 2 aromatic rings. The minimum atomic E-state index is -0.141. The molecule has 1 amide bonds. The number of aromatic amines is 1. The summed E-state index contributed by atoms with van der Waals surface area (Å²) in [6.45, 7) is 1.71. The van der Waals surface area contributed by atoms with Gasteiger partial charge in [0.25, 0.3) is 11.5 Å². The average molecular weight is 329 g/mol. The summed E-state index contributed by atoms with van der Waals surface area (Å²) in [7, 11) is 1.64. The Bertz CT molecular complexity index is 924. The van der Waals surface area contributed by atoms with Gasteiger partial charge in [0, 0.05) is 25.7 Å². The van der Waals surface area contributed by atoms with Gasteiger partial charge in [0.15, 0.2) is 4.77 Å². The fourth-order valence-electron chi connectivity index (χ4n) is 3.82. The van der Waals surface area contributed by atoms with E-state index in [9.17, 15) is 9.59 Å². The molecule has 1 saturated carbocycles. The van der Waals surface area contributed by atoms with Crippen molar-refractivity contribution in [2.24, 2.45) is 12.5 Å². The monoisotopic (exact) mass is 329 g/mol. The number of carbonyl (C=O) groups is 1. The van der Waals surface area contributed by atoms with Crippen LogP contribution in [0.5, 0.6) is 0 Å². The third-order valence-electron chi connectivity index (χ3n) is 5.49. The molecule has 2 aliphatic rings. The first-order valence-corrected chi connectivity index (χ1v) is 8.42. The normalized spacial score (nSPS) is 19.3. The molecule has 2 heterocycles. The molecule has 120 valence electrons. The number of nitrogens with one attached hydrogen (secondary N) is 1. The number of hydrogen-bond acceptors (Lipinski definition) is 3. The number of benzene rings is 1. The highest BCUT2D eigenvalue weighted by molar-refractivity contribution is 7.71. The Morgan fingerprint density at radius 2 is 2.09 bits per heavy atom. The van der Waals surface area contributed by atoms with Crippen molar-refractivity contribution in [2.75, 3.05) is 13.1 Å². The van der Waals surface area contributed by atoms with Crippen molar-refractivity contribution in [1.82, 2.24) is 14.5 Å². The van der Waals surface area contributed by atoms with Crippen molar-refractivity contribution in [3.05, 3.63) is 38.9 Å². The summed E-state index contributed by atoms with van der Waals surface area (Å²) < 4.78 is 1.77. The SMILES string of the molecule is Cn1c(=S)[nH]c2cc(C(=O)N3CCC4(CCC4)C3)ccc2c1=O. The highest BCUT2D eigenvalue weighted by Gasteiger charge is 2.44. The average Bonchev–Trinajstić information content (AvgIpc) is 2.97. The van der Waals surface area contributed by atoms with E-state index < -0.39 is 0 Å². The number of hydrogen-bond donors (Lipinski definition) is 1. The van der Waals surface area contributed by atoms with Crippen LogP contribution in [0.15, 0.2) is 23.0 Å². The number of nitrogens with zero attached hydrogens (tertiary/aromatic N) is 2. The zero-order chi connectivity index (χ0) is 16.2. The van der Waals surface area contributed by atoms with Gasteiger partial charge in [-0.15, -0.1) is 0 Å². The first kappa shape index (κ1) is 14.6. The first-order valence-electron chi connectivity index (χ1n) is 8.02. The van der Waals surface area contributed by atoms with Gasteiger partial charge < -0.3 is 9.88 Å². The highest BCUT2D eigenvalue weighted by Crippen LogP contribution is 2.48. The largest absolute Gasteiger partial charge is 0.338 e. The molecule has 6 heteroatoms. The minimum absolute atomic E-state index is 0.0515. The van der Waals surface area contributed by atoms with Crippen molar-refractivity contribution >= 4 is 29.0 Å². The Balaban J connectivity index is 1.69. The second-order valence-corrected chi connectivity index (χ2v) is 7.27. The smallest absolute Gasteiger partial charge is 0.261 e. The maximum absolute atomic E-state index is 12.8. The molecule has 1 aliphatic heterocycles. The predicted octanol–water partition coefficient (Wildman–Crippen LogP) is 2.61. The van der Waals surface area contributed by atoms with Crippen molar-refractivity contribution in [3.8, 4) is 0 Å². The molecule has 0 bridgehead atoms. The molecule has 1 N–H and O–H groups in total. The molecule has 5 nitrogen and oxygen atoms in total. The van der Waals surface area contributed by atoms with E-state index in [-0.39, 0.29) is 11.5 Å². The summed E-state index contributed by atoms with van der Waals surface area (Å²) in [6.07, 6.45) is 4.91. The van der Waals surface area contributed by atoms with Gasteiger partial charge in [0.1, 0.15) is 0 Å². The van der Waals surface area contributed by atoms with Crippen LogP contribution in [-0.4, -0.2) is 33.4 Å². The van der Waals surface area contributed by atoms with E-state index >= 15 is 0 Å². The number of fused-ring (bicyclic) bond motifs is 1. The van der Waals surface area contributed by atoms with Gasteiger partial charge in [-0.25, -0.2) is 0 Å². The van der Waals surface area contributed by atoms with Crippen LogP contribution in [0.25, 0.3) is 10.9 Å². The lowest BCUT2D eigenvalue weighted by atomic mass is 9.68. The van der Waals surface area contributed by atoms with Crippen LogP contribution in [0.4, 0.5) is 0 Å². The minimum Gasteiger partial charge on any atom is -0.338 e. The highest BCUT2D eigenvalue weighted by atomic mass is 32.1. The number of likely N-dealkylation sites (tertiary alicyclic amines) is 1. The molecule has 1 aliphatic carbocycles. The zero-order valence-electron chi connectivity index (χ0n) is 13.1. The number of amides is 1. The summed E-state index contributed by atoms with van der Waals surface area (Å²) in [5, 5.41) is 0.550. The van der Waals surface area contributed by atoms with Crippen LogP contribution in [0.2, 0.25) is 0 Å². The molecule has 1 aromatic carbocycles. The van der Waals surface area contributed by atoms with E-state index in [2.05, 4.69) is 4.98 Å². The van der Waals surface area contributed by atoms with Crippen LogP contribution in [-0.2, 0) is 7.05 Å². The molecular formula is C17H19N3O2S. The van der Waals surface area contributed by atoms with E-state index in [1.807, 2.05) is 4.90 Å². The summed E-state index contributed by atoms with van der Waals surface area (Å²) in [4.78, 5) is 29.9. The Hall–Kier alpha value is -1.95. The van der Waals surface area contributed by atoms with Crippen LogP contribution in [0.3, 0.4) is 0 Å². The Morgan fingerprint density at radius 3 is 2.74 bits per heavy atom. The van der Waals surface area contributed by atoms with Gasteiger partial charge in [0.2, 0.25) is 0 Å². The van der Waals surface area contributed by atoms with Crippen LogP contribution < -0.4 is 5.56 Å². The van der Waals surface area contributed by atoms with Crippen LogP contribution in [0.1, 0.15) is 36.0 Å². The van der Waals surface area contributed by atoms with E-state index in [0.29, 0.717) is 26.7 Å². The molecule has 2 fully saturated rings. The second-order valence-electron chi connectivity index (χ2n) is 6.88. The number of aromatic nitrogens is 2. The van der Waals surface area contributed by atoms with Crippen LogP contribution >= 0.6 is 12.2 Å². The van der Waals surface area contributed by atoms with E-state index in [1.165, 1.54) is 23.8 Å². The fraction of sp³-hybridized carbons (Fsp3) is 0.471. The predicted molar refractivity (Wildman–Crippen MR) is 91.2 cm³/mol. The maximum atomic E-state index is 12.8. The molecule has 0 atom stereocenters. The number of rotatable bonds is 1. The zero-order valence-corrected chi connectivity index (χ0v) is 13.9. The molecular weight excluding hydrogens is 310 g/mol. The van der Waals surface area contributed by atoms with Gasteiger partial charge >= 0.3 is 0 Å². The molecule has 0 radical (unpaired) electrons. The second kappa shape index (κ2) is 5.03. The number of carbonyl (C=O) groups excluding carboxylic acids is 1. The lowest BCUT2D eigenvalue weighted by Gasteiger charge is -2.37. The van der Waals surface area contributed by atoms with E-state index in [0.717, 1.165) is 19.5 Å². The van der Waals surface area contributed by atoms with E-state index in [1.54, 1.807) is 25.2 Å². The third-order valence-corrected chi connectivity index (χ3v) is 5.86.